The summed E-state index contributed by atoms with van der Waals surface area (Å²) in [6, 6.07) is 8.58. The molecule has 1 N–H and O–H groups in total. The molecule has 0 saturated heterocycles. The molecule has 1 fully saturated rings. The van der Waals surface area contributed by atoms with Gasteiger partial charge in [0.05, 0.1) is 0 Å². The molecule has 0 heterocycles. The van der Waals surface area contributed by atoms with Crippen LogP contribution >= 0.6 is 15.9 Å². The van der Waals surface area contributed by atoms with E-state index in [9.17, 15) is 5.11 Å². The SMILES string of the molecule is CCCCC1CCC(CO)(Cc2ccc(Br)cc2)CC1. The van der Waals surface area contributed by atoms with Crippen molar-refractivity contribution in [3.05, 3.63) is 34.3 Å². The molecule has 1 aromatic rings. The Bertz CT molecular complexity index is 390. The van der Waals surface area contributed by atoms with Crippen LogP contribution in [0.25, 0.3) is 0 Å². The molecule has 0 radical (unpaired) electrons. The van der Waals surface area contributed by atoms with Crippen LogP contribution < -0.4 is 0 Å². The molecule has 0 bridgehead atoms. The second-order valence-corrected chi connectivity index (χ2v) is 7.46. The van der Waals surface area contributed by atoms with Crippen LogP contribution in [0.5, 0.6) is 0 Å². The van der Waals surface area contributed by atoms with E-state index >= 15 is 0 Å². The van der Waals surface area contributed by atoms with E-state index < -0.39 is 0 Å². The van der Waals surface area contributed by atoms with Crippen molar-refractivity contribution in [1.82, 2.24) is 0 Å². The number of unbranched alkanes of at least 4 members (excludes halogenated alkanes) is 1. The Morgan fingerprint density at radius 1 is 1.20 bits per heavy atom. The monoisotopic (exact) mass is 338 g/mol. The molecule has 0 atom stereocenters. The number of aliphatic hydroxyl groups excluding tert-OH is 1. The molecular weight excluding hydrogens is 312 g/mol. The first-order chi connectivity index (χ1) is 9.67. The van der Waals surface area contributed by atoms with Crippen LogP contribution in [-0.4, -0.2) is 11.7 Å². The molecule has 0 unspecified atom stereocenters. The van der Waals surface area contributed by atoms with E-state index in [0.29, 0.717) is 6.61 Å². The van der Waals surface area contributed by atoms with E-state index in [1.54, 1.807) is 0 Å². The molecule has 0 spiro atoms. The normalized spacial score (nSPS) is 26.6. The van der Waals surface area contributed by atoms with Gasteiger partial charge in [0, 0.05) is 11.1 Å². The zero-order valence-corrected chi connectivity index (χ0v) is 14.2. The van der Waals surface area contributed by atoms with Gasteiger partial charge in [0.1, 0.15) is 0 Å². The Morgan fingerprint density at radius 2 is 1.85 bits per heavy atom. The number of hydrogen-bond donors (Lipinski definition) is 1. The van der Waals surface area contributed by atoms with Crippen molar-refractivity contribution in [2.24, 2.45) is 11.3 Å². The first-order valence-corrected chi connectivity index (χ1v) is 8.82. The number of rotatable bonds is 6. The maximum absolute atomic E-state index is 9.91. The summed E-state index contributed by atoms with van der Waals surface area (Å²) in [5, 5.41) is 9.91. The lowest BCUT2D eigenvalue weighted by molar-refractivity contribution is 0.0621. The van der Waals surface area contributed by atoms with Crippen molar-refractivity contribution < 1.29 is 5.11 Å². The van der Waals surface area contributed by atoms with Crippen molar-refractivity contribution in [2.75, 3.05) is 6.61 Å². The summed E-state index contributed by atoms with van der Waals surface area (Å²) in [5.74, 6) is 0.902. The Kier molecular flexibility index (Phi) is 6.10. The summed E-state index contributed by atoms with van der Waals surface area (Å²) in [7, 11) is 0. The highest BCUT2D eigenvalue weighted by Crippen LogP contribution is 2.42. The molecule has 0 amide bonds. The van der Waals surface area contributed by atoms with Gasteiger partial charge in [-0.25, -0.2) is 0 Å². The van der Waals surface area contributed by atoms with Gasteiger partial charge in [-0.15, -0.1) is 0 Å². The Labute approximate surface area is 131 Å². The third-order valence-electron chi connectivity index (χ3n) is 4.96. The molecule has 1 saturated carbocycles. The molecule has 2 heteroatoms. The van der Waals surface area contributed by atoms with Gasteiger partial charge in [0.2, 0.25) is 0 Å². The summed E-state index contributed by atoms with van der Waals surface area (Å²) in [5.41, 5.74) is 1.49. The topological polar surface area (TPSA) is 20.2 Å². The van der Waals surface area contributed by atoms with Crippen LogP contribution in [0.2, 0.25) is 0 Å². The first-order valence-electron chi connectivity index (χ1n) is 8.03. The van der Waals surface area contributed by atoms with E-state index in [4.69, 9.17) is 0 Å². The third-order valence-corrected chi connectivity index (χ3v) is 5.49. The summed E-state index contributed by atoms with van der Waals surface area (Å²) in [6.45, 7) is 2.61. The van der Waals surface area contributed by atoms with Crippen molar-refractivity contribution in [3.8, 4) is 0 Å². The highest BCUT2D eigenvalue weighted by molar-refractivity contribution is 9.10. The lowest BCUT2D eigenvalue weighted by Crippen LogP contribution is -2.33. The molecule has 20 heavy (non-hydrogen) atoms. The minimum absolute atomic E-state index is 0.135. The van der Waals surface area contributed by atoms with Gasteiger partial charge in [-0.3, -0.25) is 0 Å². The van der Waals surface area contributed by atoms with Gasteiger partial charge in [-0.2, -0.15) is 0 Å². The third kappa shape index (κ3) is 4.33. The Morgan fingerprint density at radius 3 is 2.40 bits per heavy atom. The lowest BCUT2D eigenvalue weighted by Gasteiger charge is -2.39. The van der Waals surface area contributed by atoms with Crippen LogP contribution in [0, 0.1) is 11.3 Å². The Hall–Kier alpha value is -0.340. The van der Waals surface area contributed by atoms with Gasteiger partial charge in [-0.1, -0.05) is 54.2 Å². The van der Waals surface area contributed by atoms with E-state index in [2.05, 4.69) is 47.1 Å². The minimum atomic E-state index is 0.135. The molecule has 2 rings (SSSR count). The number of halogens is 1. The predicted molar refractivity (Wildman–Crippen MR) is 88.8 cm³/mol. The second-order valence-electron chi connectivity index (χ2n) is 6.55. The van der Waals surface area contributed by atoms with Gasteiger partial charge in [0.15, 0.2) is 0 Å². The summed E-state index contributed by atoms with van der Waals surface area (Å²) >= 11 is 3.48. The standard InChI is InChI=1S/C18H27BrO/c1-2-3-4-15-9-11-18(14-20,12-10-15)13-16-5-7-17(19)8-6-16/h5-8,15,20H,2-4,9-14H2,1H3. The molecule has 112 valence electrons. The van der Waals surface area contributed by atoms with E-state index in [1.807, 2.05) is 0 Å². The Balaban J connectivity index is 1.92. The van der Waals surface area contributed by atoms with E-state index in [0.717, 1.165) is 16.8 Å². The fraction of sp³-hybridized carbons (Fsp3) is 0.667. The zero-order valence-electron chi connectivity index (χ0n) is 12.6. The quantitative estimate of drug-likeness (QED) is 0.741. The van der Waals surface area contributed by atoms with Crippen LogP contribution in [0.15, 0.2) is 28.7 Å². The molecule has 1 aliphatic rings. The summed E-state index contributed by atoms with van der Waals surface area (Å²) in [4.78, 5) is 0. The van der Waals surface area contributed by atoms with Gasteiger partial charge < -0.3 is 5.11 Å². The number of aliphatic hydroxyl groups is 1. The molecule has 1 aromatic carbocycles. The maximum atomic E-state index is 9.91. The van der Waals surface area contributed by atoms with Crippen molar-refractivity contribution >= 4 is 15.9 Å². The molecule has 1 nitrogen and oxygen atoms in total. The molecular formula is C18H27BrO. The summed E-state index contributed by atoms with van der Waals surface area (Å²) < 4.78 is 1.13. The van der Waals surface area contributed by atoms with Crippen LogP contribution in [-0.2, 0) is 6.42 Å². The van der Waals surface area contributed by atoms with Crippen molar-refractivity contribution in [2.45, 2.75) is 58.3 Å². The highest BCUT2D eigenvalue weighted by atomic mass is 79.9. The summed E-state index contributed by atoms with van der Waals surface area (Å²) in [6.07, 6.45) is 10.1. The highest BCUT2D eigenvalue weighted by Gasteiger charge is 2.34. The molecule has 1 aliphatic carbocycles. The first kappa shape index (κ1) is 16.0. The smallest absolute Gasteiger partial charge is 0.0490 e. The molecule has 0 aromatic heterocycles. The fourth-order valence-corrected chi connectivity index (χ4v) is 3.76. The van der Waals surface area contributed by atoms with E-state index in [1.165, 1.54) is 50.5 Å². The fourth-order valence-electron chi connectivity index (χ4n) is 3.50. The average molecular weight is 339 g/mol. The maximum Gasteiger partial charge on any atom is 0.0490 e. The minimum Gasteiger partial charge on any atom is -0.396 e. The van der Waals surface area contributed by atoms with Crippen LogP contribution in [0.3, 0.4) is 0 Å². The van der Waals surface area contributed by atoms with Crippen LogP contribution in [0.4, 0.5) is 0 Å². The number of benzene rings is 1. The lowest BCUT2D eigenvalue weighted by atomic mass is 9.67. The predicted octanol–water partition coefficient (Wildman–Crippen LogP) is 5.35. The van der Waals surface area contributed by atoms with Crippen LogP contribution in [0.1, 0.15) is 57.4 Å². The average Bonchev–Trinajstić information content (AvgIpc) is 2.49. The zero-order chi connectivity index (χ0) is 14.4. The molecule has 0 aliphatic heterocycles. The van der Waals surface area contributed by atoms with Crippen molar-refractivity contribution in [1.29, 1.82) is 0 Å². The van der Waals surface area contributed by atoms with Gasteiger partial charge >= 0.3 is 0 Å². The second kappa shape index (κ2) is 7.61. The van der Waals surface area contributed by atoms with Gasteiger partial charge in [-0.05, 0) is 61.1 Å². The number of hydrogen-bond acceptors (Lipinski definition) is 1. The largest absolute Gasteiger partial charge is 0.396 e. The van der Waals surface area contributed by atoms with E-state index in [-0.39, 0.29) is 5.41 Å². The van der Waals surface area contributed by atoms with Gasteiger partial charge in [0.25, 0.3) is 0 Å². The van der Waals surface area contributed by atoms with Crippen molar-refractivity contribution in [3.63, 3.8) is 0 Å².